The lowest BCUT2D eigenvalue weighted by molar-refractivity contribution is 0.247. The van der Waals surface area contributed by atoms with Crippen molar-refractivity contribution in [3.8, 4) is 0 Å². The Bertz CT molecular complexity index is 323. The molecule has 2 nitrogen and oxygen atoms in total. The number of hydrogen-bond donors (Lipinski definition) is 1. The third-order valence-corrected chi connectivity index (χ3v) is 3.83. The zero-order valence-corrected chi connectivity index (χ0v) is 13.0. The highest BCUT2D eigenvalue weighted by Gasteiger charge is 2.10. The molecule has 0 amide bonds. The second-order valence-electron chi connectivity index (χ2n) is 5.66. The molecule has 0 radical (unpaired) electrons. The van der Waals surface area contributed by atoms with Crippen LogP contribution in [0.25, 0.3) is 0 Å². The third kappa shape index (κ3) is 6.74. The second kappa shape index (κ2) is 9.11. The summed E-state index contributed by atoms with van der Waals surface area (Å²) in [5.41, 5.74) is 1.42. The zero-order chi connectivity index (χ0) is 14.1. The van der Waals surface area contributed by atoms with Gasteiger partial charge in [0.1, 0.15) is 0 Å². The first-order chi connectivity index (χ1) is 9.13. The van der Waals surface area contributed by atoms with Crippen LogP contribution in [0.15, 0.2) is 30.3 Å². The van der Waals surface area contributed by atoms with Gasteiger partial charge < -0.3 is 10.2 Å². The average Bonchev–Trinajstić information content (AvgIpc) is 2.43. The quantitative estimate of drug-likeness (QED) is 0.734. The Morgan fingerprint density at radius 3 is 2.47 bits per heavy atom. The van der Waals surface area contributed by atoms with Gasteiger partial charge in [-0.1, -0.05) is 43.7 Å². The monoisotopic (exact) mass is 262 g/mol. The minimum absolute atomic E-state index is 0.586. The highest BCUT2D eigenvalue weighted by Crippen LogP contribution is 2.03. The van der Waals surface area contributed by atoms with E-state index in [1.807, 2.05) is 0 Å². The lowest BCUT2D eigenvalue weighted by atomic mass is 10.1. The summed E-state index contributed by atoms with van der Waals surface area (Å²) in [5, 5.41) is 3.62. The van der Waals surface area contributed by atoms with E-state index in [1.54, 1.807) is 0 Å². The van der Waals surface area contributed by atoms with Gasteiger partial charge in [-0.2, -0.15) is 0 Å². The minimum Gasteiger partial charge on any atom is -0.313 e. The van der Waals surface area contributed by atoms with Crippen LogP contribution in [0.2, 0.25) is 0 Å². The Morgan fingerprint density at radius 1 is 1.16 bits per heavy atom. The summed E-state index contributed by atoms with van der Waals surface area (Å²) in [6, 6.07) is 12.0. The van der Waals surface area contributed by atoms with Crippen molar-refractivity contribution < 1.29 is 0 Å². The van der Waals surface area contributed by atoms with Crippen LogP contribution < -0.4 is 5.32 Å². The van der Waals surface area contributed by atoms with Crippen molar-refractivity contribution in [2.75, 3.05) is 20.1 Å². The summed E-state index contributed by atoms with van der Waals surface area (Å²) in [7, 11) is 2.22. The molecule has 2 atom stereocenters. The molecule has 0 aliphatic rings. The van der Waals surface area contributed by atoms with Gasteiger partial charge in [0.2, 0.25) is 0 Å². The summed E-state index contributed by atoms with van der Waals surface area (Å²) < 4.78 is 0. The van der Waals surface area contributed by atoms with Crippen LogP contribution >= 0.6 is 0 Å². The molecule has 0 aliphatic carbocycles. The Morgan fingerprint density at radius 2 is 1.84 bits per heavy atom. The van der Waals surface area contributed by atoms with Crippen LogP contribution in [0.5, 0.6) is 0 Å². The van der Waals surface area contributed by atoms with E-state index < -0.39 is 0 Å². The number of likely N-dealkylation sites (N-methyl/N-ethyl adjacent to an activating group) is 1. The summed E-state index contributed by atoms with van der Waals surface area (Å²) in [5.74, 6) is 0. The van der Waals surface area contributed by atoms with Crippen LogP contribution in [-0.4, -0.2) is 37.1 Å². The van der Waals surface area contributed by atoms with Gasteiger partial charge in [0.05, 0.1) is 0 Å². The Hall–Kier alpha value is -0.860. The van der Waals surface area contributed by atoms with Gasteiger partial charge in [-0.25, -0.2) is 0 Å². The van der Waals surface area contributed by atoms with Crippen molar-refractivity contribution in [2.24, 2.45) is 0 Å². The van der Waals surface area contributed by atoms with Crippen LogP contribution in [0.1, 0.15) is 39.2 Å². The van der Waals surface area contributed by atoms with E-state index in [4.69, 9.17) is 0 Å². The molecule has 0 saturated heterocycles. The number of rotatable bonds is 9. The molecule has 0 aliphatic heterocycles. The molecule has 108 valence electrons. The minimum atomic E-state index is 0.586. The maximum absolute atomic E-state index is 3.62. The number of nitrogens with one attached hydrogen (secondary N) is 1. The van der Waals surface area contributed by atoms with Crippen LogP contribution in [-0.2, 0) is 6.42 Å². The summed E-state index contributed by atoms with van der Waals surface area (Å²) >= 11 is 0. The Balaban J connectivity index is 2.23. The molecule has 2 heteroatoms. The molecule has 1 aromatic rings. The predicted octanol–water partition coefficient (Wildman–Crippen LogP) is 3.33. The van der Waals surface area contributed by atoms with Crippen molar-refractivity contribution in [1.82, 2.24) is 10.2 Å². The fourth-order valence-corrected chi connectivity index (χ4v) is 2.23. The van der Waals surface area contributed by atoms with Gasteiger partial charge in [0.25, 0.3) is 0 Å². The van der Waals surface area contributed by atoms with Gasteiger partial charge in [-0.3, -0.25) is 0 Å². The molecule has 1 rings (SSSR count). The highest BCUT2D eigenvalue weighted by molar-refractivity contribution is 5.14. The maximum atomic E-state index is 3.62. The van der Waals surface area contributed by atoms with Crippen molar-refractivity contribution in [3.05, 3.63) is 35.9 Å². The van der Waals surface area contributed by atoms with E-state index in [2.05, 4.69) is 68.4 Å². The van der Waals surface area contributed by atoms with Crippen molar-refractivity contribution in [3.63, 3.8) is 0 Å². The van der Waals surface area contributed by atoms with Crippen molar-refractivity contribution in [2.45, 2.75) is 52.1 Å². The van der Waals surface area contributed by atoms with E-state index in [1.165, 1.54) is 18.4 Å². The van der Waals surface area contributed by atoms with Crippen molar-refractivity contribution >= 4 is 0 Å². The molecule has 0 spiro atoms. The SMILES string of the molecule is CCCC(C)NCC(C)N(C)CCc1ccccc1. The van der Waals surface area contributed by atoms with E-state index in [-0.39, 0.29) is 0 Å². The molecular weight excluding hydrogens is 232 g/mol. The second-order valence-corrected chi connectivity index (χ2v) is 5.66. The van der Waals surface area contributed by atoms with Crippen molar-refractivity contribution in [1.29, 1.82) is 0 Å². The molecule has 0 saturated carbocycles. The molecule has 0 fully saturated rings. The normalized spacial score (nSPS) is 14.6. The molecule has 0 aromatic heterocycles. The number of benzene rings is 1. The molecule has 19 heavy (non-hydrogen) atoms. The first kappa shape index (κ1) is 16.2. The Labute approximate surface area is 119 Å². The van der Waals surface area contributed by atoms with Crippen LogP contribution in [0.3, 0.4) is 0 Å². The molecular formula is C17H30N2. The highest BCUT2D eigenvalue weighted by atomic mass is 15.1. The first-order valence-corrected chi connectivity index (χ1v) is 7.61. The van der Waals surface area contributed by atoms with E-state index in [0.717, 1.165) is 19.5 Å². The standard InChI is InChI=1S/C17H30N2/c1-5-9-15(2)18-14-16(3)19(4)13-12-17-10-7-6-8-11-17/h6-8,10-11,15-16,18H,5,9,12-14H2,1-4H3. The fourth-order valence-electron chi connectivity index (χ4n) is 2.23. The summed E-state index contributed by atoms with van der Waals surface area (Å²) in [6.45, 7) is 9.02. The van der Waals surface area contributed by atoms with Gasteiger partial charge in [0, 0.05) is 25.2 Å². The smallest absolute Gasteiger partial charge is 0.0189 e. The lowest BCUT2D eigenvalue weighted by Gasteiger charge is -2.26. The van der Waals surface area contributed by atoms with E-state index in [0.29, 0.717) is 12.1 Å². The van der Waals surface area contributed by atoms with Gasteiger partial charge in [-0.15, -0.1) is 0 Å². The van der Waals surface area contributed by atoms with Crippen LogP contribution in [0.4, 0.5) is 0 Å². The molecule has 0 heterocycles. The van der Waals surface area contributed by atoms with Gasteiger partial charge in [-0.05, 0) is 39.3 Å². The largest absolute Gasteiger partial charge is 0.313 e. The van der Waals surface area contributed by atoms with Gasteiger partial charge >= 0.3 is 0 Å². The lowest BCUT2D eigenvalue weighted by Crippen LogP contribution is -2.41. The fraction of sp³-hybridized carbons (Fsp3) is 0.647. The van der Waals surface area contributed by atoms with E-state index >= 15 is 0 Å². The van der Waals surface area contributed by atoms with E-state index in [9.17, 15) is 0 Å². The Kier molecular flexibility index (Phi) is 7.76. The molecule has 2 unspecified atom stereocenters. The van der Waals surface area contributed by atoms with Crippen LogP contribution in [0, 0.1) is 0 Å². The average molecular weight is 262 g/mol. The number of hydrogen-bond acceptors (Lipinski definition) is 2. The number of nitrogens with zero attached hydrogens (tertiary/aromatic N) is 1. The molecule has 1 aromatic carbocycles. The maximum Gasteiger partial charge on any atom is 0.0189 e. The molecule has 1 N–H and O–H groups in total. The first-order valence-electron chi connectivity index (χ1n) is 7.61. The topological polar surface area (TPSA) is 15.3 Å². The van der Waals surface area contributed by atoms with Gasteiger partial charge in [0.15, 0.2) is 0 Å². The zero-order valence-electron chi connectivity index (χ0n) is 13.0. The third-order valence-electron chi connectivity index (χ3n) is 3.83. The summed E-state index contributed by atoms with van der Waals surface area (Å²) in [4.78, 5) is 2.44. The summed E-state index contributed by atoms with van der Waals surface area (Å²) in [6.07, 6.45) is 3.65. The predicted molar refractivity (Wildman–Crippen MR) is 84.6 cm³/mol. The molecule has 0 bridgehead atoms.